The van der Waals surface area contributed by atoms with E-state index in [1.54, 1.807) is 12.3 Å². The second-order valence-electron chi connectivity index (χ2n) is 2.14. The normalized spacial score (nSPS) is 9.92. The van der Waals surface area contributed by atoms with E-state index in [1.165, 1.54) is 0 Å². The van der Waals surface area contributed by atoms with Crippen molar-refractivity contribution in [3.63, 3.8) is 0 Å². The molecule has 0 radical (unpaired) electrons. The minimum absolute atomic E-state index is 0.0504. The summed E-state index contributed by atoms with van der Waals surface area (Å²) < 4.78 is 0. The highest BCUT2D eigenvalue weighted by Gasteiger charge is 2.02. The standard InChI is InChI=1S/C7H9ClN2OS/c8-6-5(12)1-2-9-7(6)10-3-4-11/h1-2,11H,3-4H2,(H2,9,10,12). The molecule has 1 rings (SSSR count). The topological polar surface area (TPSA) is 45.1 Å². The van der Waals surface area contributed by atoms with Gasteiger partial charge in [0.25, 0.3) is 0 Å². The summed E-state index contributed by atoms with van der Waals surface area (Å²) in [4.78, 5) is 4.65. The number of nitrogens with one attached hydrogen (secondary N) is 1. The van der Waals surface area contributed by atoms with Crippen molar-refractivity contribution < 1.29 is 5.11 Å². The molecule has 3 nitrogen and oxygen atoms in total. The minimum atomic E-state index is 0.0504. The van der Waals surface area contributed by atoms with Crippen molar-refractivity contribution in [2.45, 2.75) is 4.90 Å². The molecular weight excluding hydrogens is 196 g/mol. The number of aliphatic hydroxyl groups excluding tert-OH is 1. The summed E-state index contributed by atoms with van der Waals surface area (Å²) in [6.07, 6.45) is 1.61. The number of rotatable bonds is 3. The van der Waals surface area contributed by atoms with Crippen molar-refractivity contribution in [2.75, 3.05) is 18.5 Å². The van der Waals surface area contributed by atoms with Crippen molar-refractivity contribution in [1.29, 1.82) is 0 Å². The fourth-order valence-electron chi connectivity index (χ4n) is 0.731. The molecule has 0 unspecified atom stereocenters. The van der Waals surface area contributed by atoms with Gasteiger partial charge in [-0.3, -0.25) is 0 Å². The SMILES string of the molecule is OCCNc1nccc(S)c1Cl. The maximum Gasteiger partial charge on any atom is 0.145 e. The first-order valence-corrected chi connectivity index (χ1v) is 4.26. The zero-order valence-electron chi connectivity index (χ0n) is 6.29. The summed E-state index contributed by atoms with van der Waals surface area (Å²) in [6, 6.07) is 1.70. The van der Waals surface area contributed by atoms with Gasteiger partial charge >= 0.3 is 0 Å². The van der Waals surface area contributed by atoms with E-state index in [2.05, 4.69) is 22.9 Å². The Morgan fingerprint density at radius 1 is 1.67 bits per heavy atom. The summed E-state index contributed by atoms with van der Waals surface area (Å²) in [5, 5.41) is 11.9. The van der Waals surface area contributed by atoms with Gasteiger partial charge in [0.05, 0.1) is 11.6 Å². The van der Waals surface area contributed by atoms with E-state index < -0.39 is 0 Å². The van der Waals surface area contributed by atoms with Gasteiger partial charge in [-0.2, -0.15) is 0 Å². The lowest BCUT2D eigenvalue weighted by atomic mass is 10.4. The first-order chi connectivity index (χ1) is 5.75. The first-order valence-electron chi connectivity index (χ1n) is 3.44. The van der Waals surface area contributed by atoms with Gasteiger partial charge in [-0.25, -0.2) is 4.98 Å². The predicted octanol–water partition coefficient (Wildman–Crippen LogP) is 1.43. The number of hydrogen-bond acceptors (Lipinski definition) is 4. The van der Waals surface area contributed by atoms with Gasteiger partial charge < -0.3 is 10.4 Å². The van der Waals surface area contributed by atoms with Crippen LogP contribution in [0.15, 0.2) is 17.2 Å². The lowest BCUT2D eigenvalue weighted by Gasteiger charge is -2.05. The van der Waals surface area contributed by atoms with Crippen LogP contribution < -0.4 is 5.32 Å². The third kappa shape index (κ3) is 2.27. The summed E-state index contributed by atoms with van der Waals surface area (Å²) in [7, 11) is 0. The largest absolute Gasteiger partial charge is 0.395 e. The number of aliphatic hydroxyl groups is 1. The van der Waals surface area contributed by atoms with E-state index in [4.69, 9.17) is 16.7 Å². The molecule has 2 N–H and O–H groups in total. The molecule has 0 spiro atoms. The van der Waals surface area contributed by atoms with Crippen LogP contribution in [-0.4, -0.2) is 23.2 Å². The van der Waals surface area contributed by atoms with Crippen LogP contribution in [-0.2, 0) is 0 Å². The van der Waals surface area contributed by atoms with E-state index >= 15 is 0 Å². The third-order valence-corrected chi connectivity index (χ3v) is 2.16. The summed E-state index contributed by atoms with van der Waals surface area (Å²) in [6.45, 7) is 0.485. The molecule has 66 valence electrons. The molecular formula is C7H9ClN2OS. The van der Waals surface area contributed by atoms with Crippen molar-refractivity contribution in [3.8, 4) is 0 Å². The highest BCUT2D eigenvalue weighted by atomic mass is 35.5. The van der Waals surface area contributed by atoms with Crippen LogP contribution in [0.4, 0.5) is 5.82 Å². The Morgan fingerprint density at radius 3 is 3.08 bits per heavy atom. The molecule has 1 aromatic heterocycles. The Balaban J connectivity index is 2.78. The second-order valence-corrected chi connectivity index (χ2v) is 3.00. The van der Waals surface area contributed by atoms with Gasteiger partial charge in [-0.1, -0.05) is 11.6 Å². The van der Waals surface area contributed by atoms with E-state index in [0.717, 1.165) is 0 Å². The van der Waals surface area contributed by atoms with Crippen LogP contribution in [0.1, 0.15) is 0 Å². The fraction of sp³-hybridized carbons (Fsp3) is 0.286. The molecule has 0 saturated carbocycles. The number of hydrogen-bond donors (Lipinski definition) is 3. The number of halogens is 1. The van der Waals surface area contributed by atoms with Crippen LogP contribution in [0.3, 0.4) is 0 Å². The first kappa shape index (κ1) is 9.64. The molecule has 1 heterocycles. The van der Waals surface area contributed by atoms with Gasteiger partial charge in [-0.15, -0.1) is 12.6 Å². The smallest absolute Gasteiger partial charge is 0.145 e. The molecule has 0 bridgehead atoms. The molecule has 0 aliphatic rings. The Hall–Kier alpha value is -0.450. The molecule has 0 atom stereocenters. The van der Waals surface area contributed by atoms with Gasteiger partial charge in [0.1, 0.15) is 5.82 Å². The van der Waals surface area contributed by atoms with Gasteiger partial charge in [0, 0.05) is 17.6 Å². The Morgan fingerprint density at radius 2 is 2.42 bits per heavy atom. The van der Waals surface area contributed by atoms with Crippen molar-refractivity contribution >= 4 is 30.0 Å². The van der Waals surface area contributed by atoms with Crippen LogP contribution in [0.25, 0.3) is 0 Å². The molecule has 0 aliphatic carbocycles. The second kappa shape index (κ2) is 4.54. The molecule has 0 amide bonds. The number of nitrogens with zero attached hydrogens (tertiary/aromatic N) is 1. The highest BCUT2D eigenvalue weighted by molar-refractivity contribution is 7.80. The van der Waals surface area contributed by atoms with Crippen LogP contribution in [0.2, 0.25) is 5.02 Å². The molecule has 5 heteroatoms. The molecule has 0 aliphatic heterocycles. The number of thiol groups is 1. The van der Waals surface area contributed by atoms with Crippen molar-refractivity contribution in [2.24, 2.45) is 0 Å². The fourth-order valence-corrected chi connectivity index (χ4v) is 1.08. The summed E-state index contributed by atoms with van der Waals surface area (Å²) in [5.41, 5.74) is 0. The van der Waals surface area contributed by atoms with Crippen molar-refractivity contribution in [1.82, 2.24) is 4.98 Å². The van der Waals surface area contributed by atoms with E-state index in [9.17, 15) is 0 Å². The minimum Gasteiger partial charge on any atom is -0.395 e. The van der Waals surface area contributed by atoms with E-state index in [-0.39, 0.29) is 6.61 Å². The molecule has 0 saturated heterocycles. The van der Waals surface area contributed by atoms with Crippen molar-refractivity contribution in [3.05, 3.63) is 17.3 Å². The van der Waals surface area contributed by atoms with E-state index in [1.807, 2.05) is 0 Å². The highest BCUT2D eigenvalue weighted by Crippen LogP contribution is 2.25. The summed E-state index contributed by atoms with van der Waals surface area (Å²) in [5.74, 6) is 0.554. The van der Waals surface area contributed by atoms with Crippen LogP contribution in [0, 0.1) is 0 Å². The number of anilines is 1. The molecule has 1 aromatic rings. The lowest BCUT2D eigenvalue weighted by molar-refractivity contribution is 0.311. The third-order valence-electron chi connectivity index (χ3n) is 1.27. The predicted molar refractivity (Wildman–Crippen MR) is 52.1 cm³/mol. The number of aromatic nitrogens is 1. The molecule has 12 heavy (non-hydrogen) atoms. The van der Waals surface area contributed by atoms with Gasteiger partial charge in [0.15, 0.2) is 0 Å². The Labute approximate surface area is 81.2 Å². The average molecular weight is 205 g/mol. The van der Waals surface area contributed by atoms with Gasteiger partial charge in [0.2, 0.25) is 0 Å². The Kier molecular flexibility index (Phi) is 3.65. The van der Waals surface area contributed by atoms with Crippen LogP contribution >= 0.6 is 24.2 Å². The monoisotopic (exact) mass is 204 g/mol. The Bertz CT molecular complexity index is 270. The maximum atomic E-state index is 8.54. The molecule has 0 fully saturated rings. The average Bonchev–Trinajstić information content (AvgIpc) is 2.08. The maximum absolute atomic E-state index is 8.54. The molecule has 0 aromatic carbocycles. The zero-order valence-corrected chi connectivity index (χ0v) is 7.94. The zero-order chi connectivity index (χ0) is 8.97. The lowest BCUT2D eigenvalue weighted by Crippen LogP contribution is -2.07. The van der Waals surface area contributed by atoms with Crippen LogP contribution in [0.5, 0.6) is 0 Å². The quantitative estimate of drug-likeness (QED) is 0.653. The van der Waals surface area contributed by atoms with E-state index in [0.29, 0.717) is 22.3 Å². The van der Waals surface area contributed by atoms with Gasteiger partial charge in [-0.05, 0) is 6.07 Å². The summed E-state index contributed by atoms with van der Waals surface area (Å²) >= 11 is 9.96. The number of pyridine rings is 1.